The largest absolute Gasteiger partial charge is 0.342 e. The molecule has 2 amide bonds. The van der Waals surface area contributed by atoms with E-state index in [4.69, 9.17) is 0 Å². The van der Waals surface area contributed by atoms with Gasteiger partial charge in [0.1, 0.15) is 0 Å². The Kier molecular flexibility index (Phi) is 6.03. The highest BCUT2D eigenvalue weighted by atomic mass is 19.2. The second kappa shape index (κ2) is 8.15. The molecule has 2 fully saturated rings. The van der Waals surface area contributed by atoms with E-state index in [1.54, 1.807) is 16.8 Å². The van der Waals surface area contributed by atoms with E-state index in [9.17, 15) is 18.4 Å². The first-order valence-electron chi connectivity index (χ1n) is 9.93. The van der Waals surface area contributed by atoms with Crippen LogP contribution in [0.25, 0.3) is 0 Å². The minimum atomic E-state index is -0.892. The minimum absolute atomic E-state index is 0.0638. The molecule has 1 atom stereocenters. The summed E-state index contributed by atoms with van der Waals surface area (Å²) in [6.07, 6.45) is 2.42. The van der Waals surface area contributed by atoms with Crippen LogP contribution in [0.15, 0.2) is 18.2 Å². The maximum absolute atomic E-state index is 13.5. The van der Waals surface area contributed by atoms with Crippen LogP contribution in [0.4, 0.5) is 8.78 Å². The van der Waals surface area contributed by atoms with Crippen molar-refractivity contribution in [1.29, 1.82) is 0 Å². The van der Waals surface area contributed by atoms with Gasteiger partial charge in [0.2, 0.25) is 11.8 Å². The van der Waals surface area contributed by atoms with E-state index in [2.05, 4.69) is 4.90 Å². The van der Waals surface area contributed by atoms with Gasteiger partial charge in [0.15, 0.2) is 11.6 Å². The number of rotatable bonds is 5. The number of carbonyl (C=O) groups is 2. The molecule has 2 aliphatic rings. The summed E-state index contributed by atoms with van der Waals surface area (Å²) in [5, 5.41) is 0. The molecule has 0 unspecified atom stereocenters. The Morgan fingerprint density at radius 2 is 1.96 bits per heavy atom. The molecule has 28 heavy (non-hydrogen) atoms. The standard InChI is InChI=1S/C21H29F2N3O2/c1-15(2)24(3)19(27)13-25-10-8-21(14-25)7-4-9-26(20(21)28)12-16-5-6-17(22)18(23)11-16/h5-6,11,15H,4,7-10,12-14H2,1-3H3/t21-/m0/s1. The molecule has 0 N–H and O–H groups in total. The summed E-state index contributed by atoms with van der Waals surface area (Å²) >= 11 is 0. The van der Waals surface area contributed by atoms with Crippen LogP contribution >= 0.6 is 0 Å². The molecule has 0 saturated carbocycles. The van der Waals surface area contributed by atoms with Gasteiger partial charge < -0.3 is 9.80 Å². The maximum Gasteiger partial charge on any atom is 0.236 e. The third-order valence-corrected chi connectivity index (χ3v) is 6.14. The van der Waals surface area contributed by atoms with Gasteiger partial charge in [-0.05, 0) is 57.4 Å². The molecule has 5 nitrogen and oxygen atoms in total. The molecule has 0 aliphatic carbocycles. The van der Waals surface area contributed by atoms with Crippen LogP contribution in [0.2, 0.25) is 0 Å². The summed E-state index contributed by atoms with van der Waals surface area (Å²) in [6, 6.07) is 3.93. The zero-order valence-corrected chi connectivity index (χ0v) is 16.9. The lowest BCUT2D eigenvalue weighted by Crippen LogP contribution is -2.50. The fraction of sp³-hybridized carbons (Fsp3) is 0.619. The van der Waals surface area contributed by atoms with Gasteiger partial charge in [-0.2, -0.15) is 0 Å². The van der Waals surface area contributed by atoms with Crippen molar-refractivity contribution < 1.29 is 18.4 Å². The van der Waals surface area contributed by atoms with Gasteiger partial charge in [0, 0.05) is 32.7 Å². The summed E-state index contributed by atoms with van der Waals surface area (Å²) < 4.78 is 26.7. The second-order valence-electron chi connectivity index (χ2n) is 8.42. The SMILES string of the molecule is CC(C)N(C)C(=O)CN1CC[C@@]2(CCCN(Cc3ccc(F)c(F)c3)C2=O)C1. The molecular weight excluding hydrogens is 364 g/mol. The lowest BCUT2D eigenvalue weighted by Gasteiger charge is -2.39. The van der Waals surface area contributed by atoms with Crippen molar-refractivity contribution in [3.8, 4) is 0 Å². The van der Waals surface area contributed by atoms with Gasteiger partial charge >= 0.3 is 0 Å². The van der Waals surface area contributed by atoms with E-state index in [1.165, 1.54) is 6.07 Å². The zero-order valence-electron chi connectivity index (χ0n) is 16.9. The number of hydrogen-bond acceptors (Lipinski definition) is 3. The normalized spacial score (nSPS) is 23.1. The number of hydrogen-bond donors (Lipinski definition) is 0. The van der Waals surface area contributed by atoms with Gasteiger partial charge in [0.05, 0.1) is 12.0 Å². The predicted molar refractivity (Wildman–Crippen MR) is 102 cm³/mol. The van der Waals surface area contributed by atoms with Crippen molar-refractivity contribution in [3.05, 3.63) is 35.4 Å². The van der Waals surface area contributed by atoms with Crippen LogP contribution in [0.5, 0.6) is 0 Å². The fourth-order valence-corrected chi connectivity index (χ4v) is 4.22. The summed E-state index contributed by atoms with van der Waals surface area (Å²) in [7, 11) is 1.80. The molecule has 0 aromatic heterocycles. The van der Waals surface area contributed by atoms with Gasteiger partial charge in [0.25, 0.3) is 0 Å². The van der Waals surface area contributed by atoms with Gasteiger partial charge in [-0.15, -0.1) is 0 Å². The van der Waals surface area contributed by atoms with Crippen molar-refractivity contribution >= 4 is 11.8 Å². The molecule has 2 saturated heterocycles. The van der Waals surface area contributed by atoms with E-state index >= 15 is 0 Å². The average Bonchev–Trinajstić information content (AvgIpc) is 3.05. The Morgan fingerprint density at radius 3 is 2.64 bits per heavy atom. The molecule has 0 radical (unpaired) electrons. The number of likely N-dealkylation sites (N-methyl/N-ethyl adjacent to an activating group) is 1. The number of piperidine rings is 1. The lowest BCUT2D eigenvalue weighted by molar-refractivity contribution is -0.146. The summed E-state index contributed by atoms with van der Waals surface area (Å²) in [6.45, 7) is 6.49. The van der Waals surface area contributed by atoms with Crippen molar-refractivity contribution in [2.75, 3.05) is 33.2 Å². The van der Waals surface area contributed by atoms with Gasteiger partial charge in [-0.1, -0.05) is 6.07 Å². The first-order chi connectivity index (χ1) is 13.2. The molecule has 7 heteroatoms. The number of likely N-dealkylation sites (tertiary alicyclic amines) is 2. The first kappa shape index (κ1) is 20.7. The topological polar surface area (TPSA) is 43.9 Å². The highest BCUT2D eigenvalue weighted by molar-refractivity contribution is 5.84. The van der Waals surface area contributed by atoms with E-state index in [1.807, 2.05) is 13.8 Å². The Labute approximate surface area is 165 Å². The number of benzene rings is 1. The summed E-state index contributed by atoms with van der Waals surface area (Å²) in [4.78, 5) is 31.1. The van der Waals surface area contributed by atoms with Crippen LogP contribution in [0, 0.1) is 17.0 Å². The third-order valence-electron chi connectivity index (χ3n) is 6.14. The minimum Gasteiger partial charge on any atom is -0.342 e. The van der Waals surface area contributed by atoms with Crippen LogP contribution in [0.1, 0.15) is 38.7 Å². The van der Waals surface area contributed by atoms with Crippen LogP contribution in [-0.4, -0.2) is 65.8 Å². The Morgan fingerprint density at radius 1 is 1.21 bits per heavy atom. The number of amides is 2. The fourth-order valence-electron chi connectivity index (χ4n) is 4.22. The van der Waals surface area contributed by atoms with Crippen molar-refractivity contribution in [3.63, 3.8) is 0 Å². The van der Waals surface area contributed by atoms with E-state index in [0.29, 0.717) is 25.2 Å². The smallest absolute Gasteiger partial charge is 0.236 e. The maximum atomic E-state index is 13.5. The Hall–Kier alpha value is -2.02. The third kappa shape index (κ3) is 4.19. The van der Waals surface area contributed by atoms with E-state index in [0.717, 1.165) is 37.9 Å². The molecule has 2 aliphatic heterocycles. The molecule has 2 heterocycles. The highest BCUT2D eigenvalue weighted by Crippen LogP contribution is 2.40. The molecule has 0 bridgehead atoms. The van der Waals surface area contributed by atoms with Crippen LogP contribution in [0.3, 0.4) is 0 Å². The molecule has 154 valence electrons. The average molecular weight is 393 g/mol. The van der Waals surface area contributed by atoms with Crippen molar-refractivity contribution in [2.45, 2.75) is 45.7 Å². The highest BCUT2D eigenvalue weighted by Gasteiger charge is 2.48. The van der Waals surface area contributed by atoms with Gasteiger partial charge in [-0.25, -0.2) is 8.78 Å². The second-order valence-corrected chi connectivity index (χ2v) is 8.42. The predicted octanol–water partition coefficient (Wildman–Crippen LogP) is 2.65. The number of nitrogens with zero attached hydrogens (tertiary/aromatic N) is 3. The number of carbonyl (C=O) groups excluding carboxylic acids is 2. The molecule has 1 spiro atoms. The quantitative estimate of drug-likeness (QED) is 0.773. The van der Waals surface area contributed by atoms with Crippen molar-refractivity contribution in [1.82, 2.24) is 14.7 Å². The molecule has 1 aromatic rings. The molecular formula is C21H29F2N3O2. The zero-order chi connectivity index (χ0) is 20.5. The number of halogens is 2. The van der Waals surface area contributed by atoms with Crippen LogP contribution in [-0.2, 0) is 16.1 Å². The molecule has 1 aromatic carbocycles. The van der Waals surface area contributed by atoms with E-state index < -0.39 is 17.0 Å². The van der Waals surface area contributed by atoms with Crippen LogP contribution < -0.4 is 0 Å². The summed E-state index contributed by atoms with van der Waals surface area (Å²) in [5.41, 5.74) is 0.126. The first-order valence-corrected chi connectivity index (χ1v) is 9.93. The van der Waals surface area contributed by atoms with Gasteiger partial charge in [-0.3, -0.25) is 14.5 Å². The van der Waals surface area contributed by atoms with Crippen molar-refractivity contribution in [2.24, 2.45) is 5.41 Å². The lowest BCUT2D eigenvalue weighted by atomic mass is 9.78. The Balaban J connectivity index is 1.65. The Bertz CT molecular complexity index is 755. The molecule has 3 rings (SSSR count). The van der Waals surface area contributed by atoms with E-state index in [-0.39, 0.29) is 24.4 Å². The summed E-state index contributed by atoms with van der Waals surface area (Å²) in [5.74, 6) is -1.64. The monoisotopic (exact) mass is 393 g/mol.